The number of hydrogen-bond acceptors (Lipinski definition) is 2. The Bertz CT molecular complexity index is 592. The summed E-state index contributed by atoms with van der Waals surface area (Å²) in [5, 5.41) is 3.43. The summed E-state index contributed by atoms with van der Waals surface area (Å²) in [5.41, 5.74) is 5.29. The van der Waals surface area contributed by atoms with E-state index in [-0.39, 0.29) is 0 Å². The van der Waals surface area contributed by atoms with Gasteiger partial charge in [0.15, 0.2) is 0 Å². The molecule has 2 heteroatoms. The highest BCUT2D eigenvalue weighted by Crippen LogP contribution is 2.29. The fraction of sp³-hybridized carbons (Fsp3) is 0.368. The van der Waals surface area contributed by atoms with E-state index in [4.69, 9.17) is 4.74 Å². The molecule has 0 aromatic heterocycles. The van der Waals surface area contributed by atoms with Crippen molar-refractivity contribution in [3.63, 3.8) is 0 Å². The maximum absolute atomic E-state index is 5.52. The maximum Gasteiger partial charge on any atom is 0.123 e. The highest BCUT2D eigenvalue weighted by Gasteiger charge is 2.15. The van der Waals surface area contributed by atoms with Crippen LogP contribution in [0.1, 0.15) is 34.7 Å². The zero-order valence-electron chi connectivity index (χ0n) is 13.4. The SMILES string of the molecule is CNC(CCc1ccccc1C)c1cc(C)ccc1OC. The van der Waals surface area contributed by atoms with Crippen molar-refractivity contribution in [3.8, 4) is 5.75 Å². The molecule has 21 heavy (non-hydrogen) atoms. The normalized spacial score (nSPS) is 12.2. The molecule has 0 spiro atoms. The number of aryl methyl sites for hydroxylation is 3. The molecule has 2 aromatic carbocycles. The number of nitrogens with one attached hydrogen (secondary N) is 1. The van der Waals surface area contributed by atoms with Gasteiger partial charge >= 0.3 is 0 Å². The molecule has 0 fully saturated rings. The summed E-state index contributed by atoms with van der Waals surface area (Å²) >= 11 is 0. The fourth-order valence-corrected chi connectivity index (χ4v) is 2.77. The molecule has 0 aliphatic heterocycles. The van der Waals surface area contributed by atoms with Crippen LogP contribution >= 0.6 is 0 Å². The number of benzene rings is 2. The molecular formula is C19H25NO. The van der Waals surface area contributed by atoms with Gasteiger partial charge in [-0.15, -0.1) is 0 Å². The molecule has 0 aliphatic carbocycles. The molecule has 0 heterocycles. The molecular weight excluding hydrogens is 258 g/mol. The third-order valence-electron chi connectivity index (χ3n) is 4.07. The summed E-state index contributed by atoms with van der Waals surface area (Å²) in [6.07, 6.45) is 2.12. The van der Waals surface area contributed by atoms with E-state index < -0.39 is 0 Å². The number of ether oxygens (including phenoxy) is 1. The van der Waals surface area contributed by atoms with Crippen molar-refractivity contribution in [2.24, 2.45) is 0 Å². The van der Waals surface area contributed by atoms with E-state index in [1.54, 1.807) is 7.11 Å². The smallest absolute Gasteiger partial charge is 0.123 e. The highest BCUT2D eigenvalue weighted by atomic mass is 16.5. The molecule has 1 unspecified atom stereocenters. The lowest BCUT2D eigenvalue weighted by Crippen LogP contribution is -2.18. The Morgan fingerprint density at radius 3 is 2.52 bits per heavy atom. The van der Waals surface area contributed by atoms with Crippen molar-refractivity contribution in [1.29, 1.82) is 0 Å². The standard InChI is InChI=1S/C19H25NO/c1-14-9-12-19(21-4)17(13-14)18(20-3)11-10-16-8-6-5-7-15(16)2/h5-9,12-13,18,20H,10-11H2,1-4H3. The van der Waals surface area contributed by atoms with E-state index in [0.717, 1.165) is 18.6 Å². The van der Waals surface area contributed by atoms with E-state index in [9.17, 15) is 0 Å². The van der Waals surface area contributed by atoms with Crippen LogP contribution in [0, 0.1) is 13.8 Å². The zero-order chi connectivity index (χ0) is 15.2. The zero-order valence-corrected chi connectivity index (χ0v) is 13.4. The topological polar surface area (TPSA) is 21.3 Å². The number of rotatable bonds is 6. The summed E-state index contributed by atoms with van der Waals surface area (Å²) in [6.45, 7) is 4.30. The van der Waals surface area contributed by atoms with Crippen LogP contribution in [0.2, 0.25) is 0 Å². The van der Waals surface area contributed by atoms with Crippen molar-refractivity contribution in [2.75, 3.05) is 14.2 Å². The first-order valence-electron chi connectivity index (χ1n) is 7.52. The average Bonchev–Trinajstić information content (AvgIpc) is 2.50. The van der Waals surface area contributed by atoms with Crippen LogP contribution in [-0.2, 0) is 6.42 Å². The third-order valence-corrected chi connectivity index (χ3v) is 4.07. The largest absolute Gasteiger partial charge is 0.496 e. The Hall–Kier alpha value is -1.80. The Balaban J connectivity index is 2.17. The van der Waals surface area contributed by atoms with Gasteiger partial charge in [-0.25, -0.2) is 0 Å². The van der Waals surface area contributed by atoms with Crippen molar-refractivity contribution in [1.82, 2.24) is 5.32 Å². The first-order valence-corrected chi connectivity index (χ1v) is 7.52. The lowest BCUT2D eigenvalue weighted by Gasteiger charge is -2.20. The number of hydrogen-bond donors (Lipinski definition) is 1. The van der Waals surface area contributed by atoms with Gasteiger partial charge in [-0.2, -0.15) is 0 Å². The van der Waals surface area contributed by atoms with Crippen LogP contribution in [0.3, 0.4) is 0 Å². The van der Waals surface area contributed by atoms with E-state index >= 15 is 0 Å². The van der Waals surface area contributed by atoms with Crippen LogP contribution in [-0.4, -0.2) is 14.2 Å². The predicted molar refractivity (Wildman–Crippen MR) is 89.0 cm³/mol. The Labute approximate surface area is 128 Å². The van der Waals surface area contributed by atoms with Crippen LogP contribution < -0.4 is 10.1 Å². The Kier molecular flexibility index (Phi) is 5.40. The molecule has 0 saturated carbocycles. The summed E-state index contributed by atoms with van der Waals surface area (Å²) in [5.74, 6) is 0.963. The van der Waals surface area contributed by atoms with Crippen LogP contribution in [0.25, 0.3) is 0 Å². The van der Waals surface area contributed by atoms with Gasteiger partial charge in [0.2, 0.25) is 0 Å². The lowest BCUT2D eigenvalue weighted by atomic mass is 9.95. The second-order valence-corrected chi connectivity index (χ2v) is 5.55. The molecule has 0 aliphatic rings. The van der Waals surface area contributed by atoms with Crippen molar-refractivity contribution >= 4 is 0 Å². The summed E-state index contributed by atoms with van der Waals surface area (Å²) in [6, 6.07) is 15.3. The minimum atomic E-state index is 0.305. The fourth-order valence-electron chi connectivity index (χ4n) is 2.77. The molecule has 1 N–H and O–H groups in total. The van der Waals surface area contributed by atoms with E-state index in [0.29, 0.717) is 6.04 Å². The Morgan fingerprint density at radius 1 is 1.10 bits per heavy atom. The predicted octanol–water partition coefficient (Wildman–Crippen LogP) is 4.21. The van der Waals surface area contributed by atoms with Gasteiger partial charge in [-0.05, 0) is 50.9 Å². The summed E-state index contributed by atoms with van der Waals surface area (Å²) < 4.78 is 5.52. The lowest BCUT2D eigenvalue weighted by molar-refractivity contribution is 0.398. The van der Waals surface area contributed by atoms with Gasteiger partial charge in [-0.1, -0.05) is 42.0 Å². The van der Waals surface area contributed by atoms with Gasteiger partial charge in [0.25, 0.3) is 0 Å². The van der Waals surface area contributed by atoms with E-state index in [2.05, 4.69) is 61.6 Å². The minimum absolute atomic E-state index is 0.305. The maximum atomic E-state index is 5.52. The monoisotopic (exact) mass is 283 g/mol. The first-order chi connectivity index (χ1) is 10.2. The van der Waals surface area contributed by atoms with Crippen LogP contribution in [0.4, 0.5) is 0 Å². The minimum Gasteiger partial charge on any atom is -0.496 e. The quantitative estimate of drug-likeness (QED) is 0.857. The Morgan fingerprint density at radius 2 is 1.86 bits per heavy atom. The molecule has 0 amide bonds. The molecule has 0 radical (unpaired) electrons. The van der Waals surface area contributed by atoms with Crippen LogP contribution in [0.15, 0.2) is 42.5 Å². The van der Waals surface area contributed by atoms with E-state index in [1.807, 2.05) is 7.05 Å². The molecule has 2 aromatic rings. The van der Waals surface area contributed by atoms with Crippen molar-refractivity contribution < 1.29 is 4.74 Å². The highest BCUT2D eigenvalue weighted by molar-refractivity contribution is 5.39. The van der Waals surface area contributed by atoms with Crippen molar-refractivity contribution in [3.05, 3.63) is 64.7 Å². The number of methoxy groups -OCH3 is 1. The molecule has 0 bridgehead atoms. The first kappa shape index (κ1) is 15.6. The second-order valence-electron chi connectivity index (χ2n) is 5.55. The van der Waals surface area contributed by atoms with Crippen LogP contribution in [0.5, 0.6) is 5.75 Å². The molecule has 2 nitrogen and oxygen atoms in total. The van der Waals surface area contributed by atoms with E-state index in [1.165, 1.54) is 22.3 Å². The summed E-state index contributed by atoms with van der Waals surface area (Å²) in [4.78, 5) is 0. The van der Waals surface area contributed by atoms with Gasteiger partial charge in [0.1, 0.15) is 5.75 Å². The average molecular weight is 283 g/mol. The molecule has 2 rings (SSSR count). The van der Waals surface area contributed by atoms with Gasteiger partial charge < -0.3 is 10.1 Å². The molecule has 112 valence electrons. The van der Waals surface area contributed by atoms with Gasteiger partial charge in [-0.3, -0.25) is 0 Å². The summed E-state index contributed by atoms with van der Waals surface area (Å²) in [7, 11) is 3.76. The van der Waals surface area contributed by atoms with Crippen molar-refractivity contribution in [2.45, 2.75) is 32.7 Å². The van der Waals surface area contributed by atoms with Gasteiger partial charge in [0, 0.05) is 11.6 Å². The second kappa shape index (κ2) is 7.28. The third kappa shape index (κ3) is 3.85. The van der Waals surface area contributed by atoms with Gasteiger partial charge in [0.05, 0.1) is 7.11 Å². The molecule has 0 saturated heterocycles. The molecule has 1 atom stereocenters.